The van der Waals surface area contributed by atoms with Gasteiger partial charge in [0.15, 0.2) is 6.61 Å². The predicted octanol–water partition coefficient (Wildman–Crippen LogP) is 6.72. The number of pyridine rings is 1. The first-order valence-electron chi connectivity index (χ1n) is 11.0. The Hall–Kier alpha value is -4.51. The fourth-order valence-electron chi connectivity index (χ4n) is 3.36. The van der Waals surface area contributed by atoms with Gasteiger partial charge in [0, 0.05) is 11.6 Å². The largest absolute Gasteiger partial charge is 0.484 e. The molecule has 0 saturated carbocycles. The summed E-state index contributed by atoms with van der Waals surface area (Å²) >= 11 is 0. The third kappa shape index (κ3) is 7.00. The standard InChI is InChI=1S/C28H21F3N2O3/c29-28(30,31)19-36-24-14-22(16-32)13-23(15-24)25-11-12-26(34-17-20-7-3-1-4-8-20)33-27(25)35-18-21-9-5-2-6-10-21/h1-15H,17-19H2. The van der Waals surface area contributed by atoms with Gasteiger partial charge in [-0.25, -0.2) is 0 Å². The van der Waals surface area contributed by atoms with Gasteiger partial charge >= 0.3 is 6.18 Å². The van der Waals surface area contributed by atoms with E-state index >= 15 is 0 Å². The smallest absolute Gasteiger partial charge is 0.422 e. The highest BCUT2D eigenvalue weighted by molar-refractivity contribution is 5.72. The average molecular weight is 490 g/mol. The number of aromatic nitrogens is 1. The van der Waals surface area contributed by atoms with Crippen LogP contribution in [0.1, 0.15) is 16.7 Å². The van der Waals surface area contributed by atoms with Crippen molar-refractivity contribution in [3.05, 3.63) is 108 Å². The molecule has 0 unspecified atom stereocenters. The van der Waals surface area contributed by atoms with E-state index in [1.54, 1.807) is 12.1 Å². The minimum atomic E-state index is -4.51. The number of hydrogen-bond acceptors (Lipinski definition) is 5. The molecular formula is C28H21F3N2O3. The molecule has 0 saturated heterocycles. The second-order valence-electron chi connectivity index (χ2n) is 7.81. The Morgan fingerprint density at radius 3 is 2.00 bits per heavy atom. The zero-order valence-electron chi connectivity index (χ0n) is 19.0. The number of ether oxygens (including phenoxy) is 3. The van der Waals surface area contributed by atoms with E-state index in [-0.39, 0.29) is 23.8 Å². The molecule has 0 atom stereocenters. The molecule has 0 amide bonds. The number of alkyl halides is 3. The van der Waals surface area contributed by atoms with Gasteiger partial charge in [-0.1, -0.05) is 60.7 Å². The van der Waals surface area contributed by atoms with Crippen LogP contribution < -0.4 is 14.2 Å². The molecule has 0 bridgehead atoms. The van der Waals surface area contributed by atoms with E-state index in [1.807, 2.05) is 66.7 Å². The molecule has 0 N–H and O–H groups in total. The number of rotatable bonds is 9. The van der Waals surface area contributed by atoms with Crippen molar-refractivity contribution >= 4 is 0 Å². The van der Waals surface area contributed by atoms with Crippen LogP contribution in [0.5, 0.6) is 17.5 Å². The van der Waals surface area contributed by atoms with Crippen molar-refractivity contribution < 1.29 is 27.4 Å². The van der Waals surface area contributed by atoms with Crippen LogP contribution in [-0.2, 0) is 13.2 Å². The molecule has 0 radical (unpaired) electrons. The molecular weight excluding hydrogens is 469 g/mol. The molecule has 5 nitrogen and oxygen atoms in total. The minimum Gasteiger partial charge on any atom is -0.484 e. The van der Waals surface area contributed by atoms with Crippen molar-refractivity contribution in [2.75, 3.05) is 6.61 Å². The Labute approximate surface area is 206 Å². The molecule has 0 aliphatic heterocycles. The lowest BCUT2D eigenvalue weighted by Crippen LogP contribution is -2.19. The molecule has 0 aliphatic rings. The van der Waals surface area contributed by atoms with Crippen LogP contribution in [0.15, 0.2) is 91.0 Å². The zero-order valence-corrected chi connectivity index (χ0v) is 19.0. The molecule has 182 valence electrons. The predicted molar refractivity (Wildman–Crippen MR) is 127 cm³/mol. The monoisotopic (exact) mass is 490 g/mol. The van der Waals surface area contributed by atoms with Gasteiger partial charge in [0.25, 0.3) is 0 Å². The number of benzene rings is 3. The lowest BCUT2D eigenvalue weighted by atomic mass is 10.0. The maximum absolute atomic E-state index is 12.7. The Bertz CT molecular complexity index is 1340. The molecule has 0 aliphatic carbocycles. The number of nitrogens with zero attached hydrogens (tertiary/aromatic N) is 2. The van der Waals surface area contributed by atoms with Crippen LogP contribution in [0, 0.1) is 11.3 Å². The van der Waals surface area contributed by atoms with Crippen molar-refractivity contribution in [2.45, 2.75) is 19.4 Å². The van der Waals surface area contributed by atoms with E-state index in [0.717, 1.165) is 11.1 Å². The van der Waals surface area contributed by atoms with Crippen molar-refractivity contribution in [1.29, 1.82) is 5.26 Å². The third-order valence-electron chi connectivity index (χ3n) is 5.03. The molecule has 1 aromatic heterocycles. The van der Waals surface area contributed by atoms with E-state index in [1.165, 1.54) is 18.2 Å². The number of hydrogen-bond donors (Lipinski definition) is 0. The Balaban J connectivity index is 1.65. The van der Waals surface area contributed by atoms with Gasteiger partial charge in [0.05, 0.1) is 11.6 Å². The summed E-state index contributed by atoms with van der Waals surface area (Å²) in [5, 5.41) is 9.41. The maximum Gasteiger partial charge on any atom is 0.422 e. The highest BCUT2D eigenvalue weighted by Gasteiger charge is 2.28. The van der Waals surface area contributed by atoms with Crippen molar-refractivity contribution in [3.8, 4) is 34.7 Å². The fourth-order valence-corrected chi connectivity index (χ4v) is 3.36. The second kappa shape index (κ2) is 11.3. The number of nitriles is 1. The van der Waals surface area contributed by atoms with Crippen LogP contribution in [0.25, 0.3) is 11.1 Å². The van der Waals surface area contributed by atoms with Gasteiger partial charge in [-0.3, -0.25) is 0 Å². The van der Waals surface area contributed by atoms with Crippen molar-refractivity contribution in [2.24, 2.45) is 0 Å². The topological polar surface area (TPSA) is 64.4 Å². The molecule has 0 fully saturated rings. The second-order valence-corrected chi connectivity index (χ2v) is 7.81. The minimum absolute atomic E-state index is 0.0835. The highest BCUT2D eigenvalue weighted by Crippen LogP contribution is 2.34. The van der Waals surface area contributed by atoms with Crippen LogP contribution in [0.3, 0.4) is 0 Å². The summed E-state index contributed by atoms with van der Waals surface area (Å²) in [6.07, 6.45) is -4.51. The SMILES string of the molecule is N#Cc1cc(OCC(F)(F)F)cc(-c2ccc(OCc3ccccc3)nc2OCc2ccccc2)c1. The molecule has 3 aromatic carbocycles. The van der Waals surface area contributed by atoms with E-state index in [4.69, 9.17) is 14.2 Å². The average Bonchev–Trinajstić information content (AvgIpc) is 2.90. The molecule has 0 spiro atoms. The summed E-state index contributed by atoms with van der Waals surface area (Å²) in [5.41, 5.74) is 2.91. The van der Waals surface area contributed by atoms with Crippen LogP contribution >= 0.6 is 0 Å². The summed E-state index contributed by atoms with van der Waals surface area (Å²) in [7, 11) is 0. The van der Waals surface area contributed by atoms with Gasteiger partial charge in [-0.15, -0.1) is 0 Å². The first-order valence-corrected chi connectivity index (χ1v) is 11.0. The normalized spacial score (nSPS) is 10.9. The molecule has 4 aromatic rings. The lowest BCUT2D eigenvalue weighted by Gasteiger charge is -2.15. The fraction of sp³-hybridized carbons (Fsp3) is 0.143. The lowest BCUT2D eigenvalue weighted by molar-refractivity contribution is -0.153. The highest BCUT2D eigenvalue weighted by atomic mass is 19.4. The molecule has 4 rings (SSSR count). The zero-order chi connectivity index (χ0) is 25.4. The van der Waals surface area contributed by atoms with E-state index in [2.05, 4.69) is 4.98 Å². The summed E-state index contributed by atoms with van der Waals surface area (Å²) in [6, 6.07) is 28.5. The first-order chi connectivity index (χ1) is 17.4. The molecule has 36 heavy (non-hydrogen) atoms. The van der Waals surface area contributed by atoms with Gasteiger partial charge in [-0.2, -0.15) is 23.4 Å². The Morgan fingerprint density at radius 1 is 0.750 bits per heavy atom. The summed E-state index contributed by atoms with van der Waals surface area (Å²) in [6.45, 7) is -0.966. The Kier molecular flexibility index (Phi) is 7.71. The molecule has 8 heteroatoms. The van der Waals surface area contributed by atoms with Crippen LogP contribution in [0.4, 0.5) is 13.2 Å². The van der Waals surface area contributed by atoms with Crippen LogP contribution in [-0.4, -0.2) is 17.8 Å². The maximum atomic E-state index is 12.7. The summed E-state index contributed by atoms with van der Waals surface area (Å²) in [5.74, 6) is 0.441. The molecule has 1 heterocycles. The van der Waals surface area contributed by atoms with Crippen molar-refractivity contribution in [3.63, 3.8) is 0 Å². The Morgan fingerprint density at radius 2 is 1.39 bits per heavy atom. The van der Waals surface area contributed by atoms with Gasteiger partial charge in [0.2, 0.25) is 11.8 Å². The van der Waals surface area contributed by atoms with E-state index in [0.29, 0.717) is 23.6 Å². The summed E-state index contributed by atoms with van der Waals surface area (Å²) < 4.78 is 54.8. The quantitative estimate of drug-likeness (QED) is 0.261. The van der Waals surface area contributed by atoms with E-state index in [9.17, 15) is 18.4 Å². The van der Waals surface area contributed by atoms with Crippen molar-refractivity contribution in [1.82, 2.24) is 4.98 Å². The van der Waals surface area contributed by atoms with Gasteiger partial charge in [-0.05, 0) is 41.0 Å². The number of halogens is 3. The van der Waals surface area contributed by atoms with E-state index < -0.39 is 12.8 Å². The third-order valence-corrected chi connectivity index (χ3v) is 5.03. The van der Waals surface area contributed by atoms with Gasteiger partial charge < -0.3 is 14.2 Å². The van der Waals surface area contributed by atoms with Gasteiger partial charge in [0.1, 0.15) is 19.0 Å². The summed E-state index contributed by atoms with van der Waals surface area (Å²) in [4.78, 5) is 4.50. The first kappa shape index (κ1) is 24.6. The van der Waals surface area contributed by atoms with Crippen LogP contribution in [0.2, 0.25) is 0 Å².